The van der Waals surface area contributed by atoms with Crippen LogP contribution < -0.4 is 14.8 Å². The van der Waals surface area contributed by atoms with Crippen LogP contribution in [0.15, 0.2) is 54.6 Å². The predicted octanol–water partition coefficient (Wildman–Crippen LogP) is 3.56. The molecule has 0 fully saturated rings. The molecule has 1 aliphatic rings. The van der Waals surface area contributed by atoms with E-state index >= 15 is 0 Å². The van der Waals surface area contributed by atoms with E-state index in [4.69, 9.17) is 9.47 Å². The molecule has 1 heterocycles. The summed E-state index contributed by atoms with van der Waals surface area (Å²) in [7, 11) is 0. The molecule has 6 nitrogen and oxygen atoms in total. The first-order valence-corrected chi connectivity index (χ1v) is 8.09. The number of rotatable bonds is 3. The van der Waals surface area contributed by atoms with Gasteiger partial charge >= 0.3 is 5.97 Å². The number of carboxylic acid groups (broad SMARTS) is 1. The van der Waals surface area contributed by atoms with Crippen LogP contribution in [-0.2, 0) is 0 Å². The van der Waals surface area contributed by atoms with Gasteiger partial charge in [-0.3, -0.25) is 4.79 Å². The van der Waals surface area contributed by atoms with Crippen molar-refractivity contribution in [1.29, 1.82) is 0 Å². The normalized spacial score (nSPS) is 12.6. The van der Waals surface area contributed by atoms with Gasteiger partial charge in [0.25, 0.3) is 5.91 Å². The summed E-state index contributed by atoms with van der Waals surface area (Å²) in [6.07, 6.45) is 0. The van der Waals surface area contributed by atoms with E-state index in [2.05, 4.69) is 5.32 Å². The molecule has 0 aromatic heterocycles. The molecule has 0 saturated heterocycles. The van der Waals surface area contributed by atoms with Crippen molar-refractivity contribution in [3.8, 4) is 11.5 Å². The highest BCUT2D eigenvalue weighted by Gasteiger charge is 2.21. The highest BCUT2D eigenvalue weighted by molar-refractivity contribution is 6.09. The smallest absolute Gasteiger partial charge is 0.337 e. The average molecular weight is 349 g/mol. The molecule has 130 valence electrons. The molecule has 0 saturated carbocycles. The Labute approximate surface area is 149 Å². The zero-order valence-electron chi connectivity index (χ0n) is 13.7. The summed E-state index contributed by atoms with van der Waals surface area (Å²) in [6.45, 7) is 0.729. The SMILES string of the molecule is O=C(Nc1cc2c(cc1C(=O)O)OCCO2)c1ccc2ccccc2c1. The van der Waals surface area contributed by atoms with Crippen molar-refractivity contribution >= 4 is 28.3 Å². The summed E-state index contributed by atoms with van der Waals surface area (Å²) < 4.78 is 10.9. The fraction of sp³-hybridized carbons (Fsp3) is 0.100. The van der Waals surface area contributed by atoms with Gasteiger partial charge in [-0.1, -0.05) is 30.3 Å². The van der Waals surface area contributed by atoms with Gasteiger partial charge in [0.2, 0.25) is 0 Å². The third-order valence-corrected chi connectivity index (χ3v) is 4.17. The van der Waals surface area contributed by atoms with Gasteiger partial charge in [-0.2, -0.15) is 0 Å². The van der Waals surface area contributed by atoms with Gasteiger partial charge in [-0.05, 0) is 22.9 Å². The number of nitrogens with one attached hydrogen (secondary N) is 1. The van der Waals surface area contributed by atoms with E-state index in [-0.39, 0.29) is 11.3 Å². The maximum Gasteiger partial charge on any atom is 0.337 e. The summed E-state index contributed by atoms with van der Waals surface area (Å²) >= 11 is 0. The highest BCUT2D eigenvalue weighted by atomic mass is 16.6. The summed E-state index contributed by atoms with van der Waals surface area (Å²) in [4.78, 5) is 24.2. The van der Waals surface area contributed by atoms with Crippen molar-refractivity contribution in [3.05, 3.63) is 65.7 Å². The quantitative estimate of drug-likeness (QED) is 0.755. The summed E-state index contributed by atoms with van der Waals surface area (Å²) in [5.74, 6) is -0.780. The molecule has 0 unspecified atom stereocenters. The van der Waals surface area contributed by atoms with Crippen LogP contribution in [0.3, 0.4) is 0 Å². The van der Waals surface area contributed by atoms with E-state index in [1.807, 2.05) is 30.3 Å². The molecule has 1 aliphatic heterocycles. The first kappa shape index (κ1) is 16.0. The predicted molar refractivity (Wildman–Crippen MR) is 96.3 cm³/mol. The van der Waals surface area contributed by atoms with Crippen molar-refractivity contribution in [1.82, 2.24) is 0 Å². The van der Waals surface area contributed by atoms with Gasteiger partial charge in [0, 0.05) is 17.7 Å². The second-order valence-electron chi connectivity index (χ2n) is 5.86. The van der Waals surface area contributed by atoms with Crippen molar-refractivity contribution in [2.45, 2.75) is 0 Å². The number of fused-ring (bicyclic) bond motifs is 2. The second-order valence-corrected chi connectivity index (χ2v) is 5.86. The number of carbonyl (C=O) groups is 2. The molecule has 1 amide bonds. The Bertz CT molecular complexity index is 1030. The minimum atomic E-state index is -1.16. The molecule has 26 heavy (non-hydrogen) atoms. The van der Waals surface area contributed by atoms with E-state index in [1.165, 1.54) is 12.1 Å². The van der Waals surface area contributed by atoms with Crippen molar-refractivity contribution < 1.29 is 24.2 Å². The van der Waals surface area contributed by atoms with Gasteiger partial charge in [0.15, 0.2) is 11.5 Å². The number of carboxylic acids is 1. The lowest BCUT2D eigenvalue weighted by molar-refractivity contribution is 0.0697. The topological polar surface area (TPSA) is 84.9 Å². The number of hydrogen-bond donors (Lipinski definition) is 2. The maximum atomic E-state index is 12.6. The lowest BCUT2D eigenvalue weighted by Gasteiger charge is -2.20. The highest BCUT2D eigenvalue weighted by Crippen LogP contribution is 2.36. The Balaban J connectivity index is 1.68. The molecule has 4 rings (SSSR count). The van der Waals surface area contributed by atoms with E-state index in [0.29, 0.717) is 30.3 Å². The first-order valence-electron chi connectivity index (χ1n) is 8.09. The molecule has 0 radical (unpaired) electrons. The van der Waals surface area contributed by atoms with Crippen LogP contribution in [0.1, 0.15) is 20.7 Å². The zero-order chi connectivity index (χ0) is 18.1. The fourth-order valence-electron chi connectivity index (χ4n) is 2.89. The Morgan fingerprint density at radius 3 is 2.31 bits per heavy atom. The van der Waals surface area contributed by atoms with Gasteiger partial charge in [-0.25, -0.2) is 4.79 Å². The summed E-state index contributed by atoms with van der Waals surface area (Å²) in [6, 6.07) is 15.9. The van der Waals surface area contributed by atoms with E-state index in [9.17, 15) is 14.7 Å². The summed E-state index contributed by atoms with van der Waals surface area (Å²) in [5.41, 5.74) is 0.554. The van der Waals surface area contributed by atoms with Crippen LogP contribution in [0.5, 0.6) is 11.5 Å². The van der Waals surface area contributed by atoms with Crippen molar-refractivity contribution in [2.24, 2.45) is 0 Å². The van der Waals surface area contributed by atoms with E-state index in [0.717, 1.165) is 10.8 Å². The Hall–Kier alpha value is -3.54. The lowest BCUT2D eigenvalue weighted by Crippen LogP contribution is -2.19. The van der Waals surface area contributed by atoms with Crippen LogP contribution in [-0.4, -0.2) is 30.2 Å². The number of ether oxygens (including phenoxy) is 2. The molecule has 3 aromatic carbocycles. The molecule has 3 aromatic rings. The molecule has 0 atom stereocenters. The second kappa shape index (κ2) is 6.40. The van der Waals surface area contributed by atoms with Gasteiger partial charge in [0.05, 0.1) is 11.3 Å². The molecular formula is C20H15NO5. The third-order valence-electron chi connectivity index (χ3n) is 4.17. The van der Waals surface area contributed by atoms with E-state index in [1.54, 1.807) is 12.1 Å². The van der Waals surface area contributed by atoms with Crippen LogP contribution in [0.25, 0.3) is 10.8 Å². The number of benzene rings is 3. The molecule has 6 heteroatoms. The third kappa shape index (κ3) is 2.93. The number of aromatic carboxylic acids is 1. The van der Waals surface area contributed by atoms with E-state index < -0.39 is 11.9 Å². The standard InChI is InChI=1S/C20H15NO5/c22-19(14-6-5-12-3-1-2-4-13(12)9-14)21-16-11-18-17(25-7-8-26-18)10-15(16)20(23)24/h1-6,9-11H,7-8H2,(H,21,22)(H,23,24). The van der Waals surface area contributed by atoms with Crippen LogP contribution in [0.2, 0.25) is 0 Å². The first-order chi connectivity index (χ1) is 12.6. The van der Waals surface area contributed by atoms with Crippen LogP contribution >= 0.6 is 0 Å². The molecule has 0 spiro atoms. The molecule has 2 N–H and O–H groups in total. The lowest BCUT2D eigenvalue weighted by atomic mass is 10.1. The average Bonchev–Trinajstić information content (AvgIpc) is 2.66. The molecular weight excluding hydrogens is 334 g/mol. The number of hydrogen-bond acceptors (Lipinski definition) is 4. The number of amides is 1. The van der Waals surface area contributed by atoms with Gasteiger partial charge in [-0.15, -0.1) is 0 Å². The monoisotopic (exact) mass is 349 g/mol. The van der Waals surface area contributed by atoms with Gasteiger partial charge in [0.1, 0.15) is 13.2 Å². The van der Waals surface area contributed by atoms with Crippen LogP contribution in [0, 0.1) is 0 Å². The molecule has 0 bridgehead atoms. The van der Waals surface area contributed by atoms with Crippen molar-refractivity contribution in [2.75, 3.05) is 18.5 Å². The van der Waals surface area contributed by atoms with Crippen molar-refractivity contribution in [3.63, 3.8) is 0 Å². The number of carbonyl (C=O) groups excluding carboxylic acids is 1. The maximum absolute atomic E-state index is 12.6. The fourth-order valence-corrected chi connectivity index (χ4v) is 2.89. The van der Waals surface area contributed by atoms with Gasteiger partial charge < -0.3 is 19.9 Å². The van der Waals surface area contributed by atoms with Crippen LogP contribution in [0.4, 0.5) is 5.69 Å². The minimum Gasteiger partial charge on any atom is -0.486 e. The largest absolute Gasteiger partial charge is 0.486 e. The minimum absolute atomic E-state index is 0.0524. The Morgan fingerprint density at radius 2 is 1.58 bits per heavy atom. The number of anilines is 1. The Kier molecular flexibility index (Phi) is 3.93. The zero-order valence-corrected chi connectivity index (χ0v) is 13.7. The molecule has 0 aliphatic carbocycles. The summed E-state index contributed by atoms with van der Waals surface area (Å²) in [5, 5.41) is 14.1. The Morgan fingerprint density at radius 1 is 0.885 bits per heavy atom.